The molecule has 0 saturated heterocycles. The van der Waals surface area contributed by atoms with Crippen molar-refractivity contribution in [3.63, 3.8) is 0 Å². The van der Waals surface area contributed by atoms with Gasteiger partial charge in [-0.05, 0) is 48.5 Å². The van der Waals surface area contributed by atoms with Crippen molar-refractivity contribution in [3.8, 4) is 11.5 Å². The van der Waals surface area contributed by atoms with Crippen molar-refractivity contribution in [1.82, 2.24) is 0 Å². The van der Waals surface area contributed by atoms with E-state index in [0.29, 0.717) is 17.6 Å². The predicted molar refractivity (Wildman–Crippen MR) is 94.6 cm³/mol. The number of esters is 2. The smallest absolute Gasteiger partial charge is 0.344 e. The number of hydrogen-bond acceptors (Lipinski definition) is 5. The third kappa shape index (κ3) is 4.02. The first kappa shape index (κ1) is 17.1. The van der Waals surface area contributed by atoms with Crippen molar-refractivity contribution in [3.05, 3.63) is 95.6 Å². The van der Waals surface area contributed by atoms with Crippen LogP contribution in [0.25, 0.3) is 0 Å². The van der Waals surface area contributed by atoms with Gasteiger partial charge in [0, 0.05) is 5.56 Å². The highest BCUT2D eigenvalue weighted by Gasteiger charge is 2.20. The molecule has 26 heavy (non-hydrogen) atoms. The minimum absolute atomic E-state index is 0.0906. The van der Waals surface area contributed by atoms with E-state index >= 15 is 0 Å². The lowest BCUT2D eigenvalue weighted by molar-refractivity contribution is 0.0692. The fourth-order valence-corrected chi connectivity index (χ4v) is 2.27. The van der Waals surface area contributed by atoms with Crippen LogP contribution in [-0.4, -0.2) is 18.2 Å². The van der Waals surface area contributed by atoms with Crippen molar-refractivity contribution in [2.75, 3.05) is 0 Å². The second kappa shape index (κ2) is 7.90. The predicted octanol–water partition coefficient (Wildman–Crippen LogP) is 3.94. The van der Waals surface area contributed by atoms with E-state index in [1.807, 2.05) is 0 Å². The molecule has 0 radical (unpaired) electrons. The molecule has 0 N–H and O–H groups in total. The van der Waals surface area contributed by atoms with Crippen molar-refractivity contribution < 1.29 is 23.9 Å². The normalized spacial score (nSPS) is 10.0. The van der Waals surface area contributed by atoms with Gasteiger partial charge in [-0.3, -0.25) is 4.79 Å². The van der Waals surface area contributed by atoms with Crippen LogP contribution in [0.3, 0.4) is 0 Å². The molecule has 0 saturated carbocycles. The lowest BCUT2D eigenvalue weighted by Crippen LogP contribution is -2.17. The average Bonchev–Trinajstić information content (AvgIpc) is 2.69. The molecule has 0 fully saturated rings. The Balaban J connectivity index is 1.80. The number of aldehydes is 1. The highest BCUT2D eigenvalue weighted by Crippen LogP contribution is 2.18. The lowest BCUT2D eigenvalue weighted by Gasteiger charge is -2.09. The maximum absolute atomic E-state index is 12.4. The molecule has 0 bridgehead atoms. The van der Waals surface area contributed by atoms with E-state index in [4.69, 9.17) is 9.47 Å². The molecule has 0 atom stereocenters. The van der Waals surface area contributed by atoms with Gasteiger partial charge >= 0.3 is 11.9 Å². The van der Waals surface area contributed by atoms with E-state index < -0.39 is 11.9 Å². The number of carbonyl (C=O) groups excluding carboxylic acids is 3. The Kier molecular flexibility index (Phi) is 5.19. The summed E-state index contributed by atoms with van der Waals surface area (Å²) in [6, 6.07) is 20.9. The third-order valence-corrected chi connectivity index (χ3v) is 3.55. The summed E-state index contributed by atoms with van der Waals surface area (Å²) in [6.07, 6.45) is 0.695. The zero-order chi connectivity index (χ0) is 18.4. The Labute approximate surface area is 149 Å². The Hall–Kier alpha value is -3.73. The summed E-state index contributed by atoms with van der Waals surface area (Å²) < 4.78 is 10.6. The number of carbonyl (C=O) groups is 3. The quantitative estimate of drug-likeness (QED) is 0.398. The summed E-state index contributed by atoms with van der Waals surface area (Å²) in [5, 5.41) is 0. The topological polar surface area (TPSA) is 69.7 Å². The van der Waals surface area contributed by atoms with Crippen LogP contribution in [0.2, 0.25) is 0 Å². The van der Waals surface area contributed by atoms with E-state index in [1.54, 1.807) is 42.5 Å². The molecule has 0 aliphatic carbocycles. The van der Waals surface area contributed by atoms with Crippen molar-refractivity contribution in [2.45, 2.75) is 0 Å². The zero-order valence-electron chi connectivity index (χ0n) is 13.6. The molecule has 0 aliphatic heterocycles. The van der Waals surface area contributed by atoms with Crippen molar-refractivity contribution in [2.24, 2.45) is 0 Å². The van der Waals surface area contributed by atoms with Crippen LogP contribution < -0.4 is 9.47 Å². The van der Waals surface area contributed by atoms with Crippen molar-refractivity contribution in [1.29, 1.82) is 0 Å². The van der Waals surface area contributed by atoms with Crippen LogP contribution in [0.1, 0.15) is 31.1 Å². The van der Waals surface area contributed by atoms with Gasteiger partial charge in [-0.2, -0.15) is 0 Å². The number of ether oxygens (including phenoxy) is 2. The van der Waals surface area contributed by atoms with Gasteiger partial charge in [0.05, 0.1) is 11.1 Å². The first-order valence-corrected chi connectivity index (χ1v) is 7.81. The monoisotopic (exact) mass is 346 g/mol. The van der Waals surface area contributed by atoms with Gasteiger partial charge in [0.2, 0.25) is 0 Å². The molecule has 0 aromatic heterocycles. The van der Waals surface area contributed by atoms with Crippen LogP contribution in [0.15, 0.2) is 78.9 Å². The second-order valence-corrected chi connectivity index (χ2v) is 5.32. The van der Waals surface area contributed by atoms with Crippen LogP contribution >= 0.6 is 0 Å². The first-order valence-electron chi connectivity index (χ1n) is 7.81. The van der Waals surface area contributed by atoms with Gasteiger partial charge in [0.15, 0.2) is 0 Å². The first-order chi connectivity index (χ1) is 12.7. The van der Waals surface area contributed by atoms with E-state index in [9.17, 15) is 14.4 Å². The van der Waals surface area contributed by atoms with E-state index in [2.05, 4.69) is 0 Å². The summed E-state index contributed by atoms with van der Waals surface area (Å²) in [5.41, 5.74) is 0.662. The molecule has 3 aromatic carbocycles. The summed E-state index contributed by atoms with van der Waals surface area (Å²) in [6.45, 7) is 0. The van der Waals surface area contributed by atoms with E-state index in [-0.39, 0.29) is 16.9 Å². The van der Waals surface area contributed by atoms with Crippen LogP contribution in [0, 0.1) is 0 Å². The van der Waals surface area contributed by atoms with Gasteiger partial charge in [0.1, 0.15) is 17.8 Å². The fourth-order valence-electron chi connectivity index (χ4n) is 2.27. The Morgan fingerprint density at radius 3 is 1.58 bits per heavy atom. The molecule has 3 rings (SSSR count). The fraction of sp³-hybridized carbons (Fsp3) is 0. The van der Waals surface area contributed by atoms with E-state index in [1.165, 1.54) is 36.4 Å². The van der Waals surface area contributed by atoms with Crippen LogP contribution in [-0.2, 0) is 0 Å². The van der Waals surface area contributed by atoms with Gasteiger partial charge in [-0.15, -0.1) is 0 Å². The van der Waals surface area contributed by atoms with Gasteiger partial charge in [-0.25, -0.2) is 9.59 Å². The number of hydrogen-bond donors (Lipinski definition) is 0. The molecular weight excluding hydrogens is 332 g/mol. The highest BCUT2D eigenvalue weighted by molar-refractivity contribution is 6.04. The highest BCUT2D eigenvalue weighted by atomic mass is 16.5. The van der Waals surface area contributed by atoms with Crippen molar-refractivity contribution >= 4 is 18.2 Å². The minimum atomic E-state index is -0.690. The molecule has 0 spiro atoms. The lowest BCUT2D eigenvalue weighted by atomic mass is 10.1. The SMILES string of the molecule is O=Cc1ccc(OC(=O)c2ccccc2C(=O)Oc2ccccc2)cc1. The summed E-state index contributed by atoms with van der Waals surface area (Å²) >= 11 is 0. The molecule has 128 valence electrons. The second-order valence-electron chi connectivity index (χ2n) is 5.32. The summed E-state index contributed by atoms with van der Waals surface area (Å²) in [5.74, 6) is -0.693. The summed E-state index contributed by atoms with van der Waals surface area (Å²) in [7, 11) is 0. The zero-order valence-corrected chi connectivity index (χ0v) is 13.6. The Morgan fingerprint density at radius 1 is 0.615 bits per heavy atom. The molecule has 0 amide bonds. The number of benzene rings is 3. The van der Waals surface area contributed by atoms with Crippen LogP contribution in [0.5, 0.6) is 11.5 Å². The number of rotatable bonds is 5. The maximum Gasteiger partial charge on any atom is 0.344 e. The molecule has 0 unspecified atom stereocenters. The summed E-state index contributed by atoms with van der Waals surface area (Å²) in [4.78, 5) is 35.5. The minimum Gasteiger partial charge on any atom is -0.423 e. The maximum atomic E-state index is 12.4. The third-order valence-electron chi connectivity index (χ3n) is 3.55. The largest absolute Gasteiger partial charge is 0.423 e. The number of para-hydroxylation sites is 1. The Bertz CT molecular complexity index is 930. The molecule has 5 heteroatoms. The molecular formula is C21H14O5. The van der Waals surface area contributed by atoms with Gasteiger partial charge in [-0.1, -0.05) is 30.3 Å². The molecule has 0 aliphatic rings. The molecule has 3 aromatic rings. The van der Waals surface area contributed by atoms with Gasteiger partial charge < -0.3 is 9.47 Å². The average molecular weight is 346 g/mol. The van der Waals surface area contributed by atoms with Gasteiger partial charge in [0.25, 0.3) is 0 Å². The molecule has 0 heterocycles. The molecule has 5 nitrogen and oxygen atoms in total. The Morgan fingerprint density at radius 2 is 1.08 bits per heavy atom. The van der Waals surface area contributed by atoms with E-state index in [0.717, 1.165) is 0 Å². The standard InChI is InChI=1S/C21H14O5/c22-14-15-10-12-17(13-11-15)26-21(24)19-9-5-4-8-18(19)20(23)25-16-6-2-1-3-7-16/h1-14H. The van der Waals surface area contributed by atoms with Crippen LogP contribution in [0.4, 0.5) is 0 Å².